The van der Waals surface area contributed by atoms with Crippen molar-refractivity contribution in [1.29, 1.82) is 0 Å². The van der Waals surface area contributed by atoms with Crippen LogP contribution in [0.15, 0.2) is 57.9 Å². The lowest BCUT2D eigenvalue weighted by Crippen LogP contribution is -2.30. The summed E-state index contributed by atoms with van der Waals surface area (Å²) in [5.41, 5.74) is 1.98. The first-order valence-electron chi connectivity index (χ1n) is 8.53. The van der Waals surface area contributed by atoms with Gasteiger partial charge in [-0.05, 0) is 38.1 Å². The van der Waals surface area contributed by atoms with E-state index in [1.54, 1.807) is 7.11 Å². The third kappa shape index (κ3) is 5.10. The van der Waals surface area contributed by atoms with Gasteiger partial charge < -0.3 is 14.6 Å². The Balaban J connectivity index is 1.55. The first-order valence-corrected chi connectivity index (χ1v) is 9.41. The Bertz CT molecular complexity index is 909. The van der Waals surface area contributed by atoms with Crippen LogP contribution in [0, 0.1) is 6.92 Å². The molecule has 1 aromatic heterocycles. The van der Waals surface area contributed by atoms with Crippen molar-refractivity contribution < 1.29 is 14.1 Å². The van der Waals surface area contributed by atoms with Gasteiger partial charge in [0.15, 0.2) is 0 Å². The van der Waals surface area contributed by atoms with Crippen LogP contribution in [0.1, 0.15) is 18.4 Å². The zero-order valence-electron chi connectivity index (χ0n) is 15.4. The molecule has 0 saturated heterocycles. The minimum absolute atomic E-state index is 0.0818. The molecular formula is C20H21N3O3S. The van der Waals surface area contributed by atoms with Crippen LogP contribution in [0.2, 0.25) is 0 Å². The van der Waals surface area contributed by atoms with Crippen molar-refractivity contribution in [1.82, 2.24) is 15.5 Å². The SMILES string of the molecule is COc1cccc(-c2noc(CNC(=O)[C@@H](C)Sc3ccc(C)cc3)n2)c1. The second kappa shape index (κ2) is 8.73. The number of ether oxygens (including phenoxy) is 1. The summed E-state index contributed by atoms with van der Waals surface area (Å²) in [4.78, 5) is 17.7. The Kier molecular flexibility index (Phi) is 6.13. The highest BCUT2D eigenvalue weighted by Crippen LogP contribution is 2.24. The maximum atomic E-state index is 12.3. The highest BCUT2D eigenvalue weighted by molar-refractivity contribution is 8.00. The Morgan fingerprint density at radius 3 is 2.78 bits per heavy atom. The van der Waals surface area contributed by atoms with Gasteiger partial charge in [-0.2, -0.15) is 4.98 Å². The molecule has 140 valence electrons. The maximum Gasteiger partial charge on any atom is 0.246 e. The van der Waals surface area contributed by atoms with E-state index in [-0.39, 0.29) is 17.7 Å². The molecule has 3 rings (SSSR count). The summed E-state index contributed by atoms with van der Waals surface area (Å²) < 4.78 is 10.4. The highest BCUT2D eigenvalue weighted by atomic mass is 32.2. The van der Waals surface area contributed by atoms with Crippen molar-refractivity contribution >= 4 is 17.7 Å². The number of methoxy groups -OCH3 is 1. The van der Waals surface area contributed by atoms with Gasteiger partial charge in [0.2, 0.25) is 17.6 Å². The second-order valence-electron chi connectivity index (χ2n) is 6.03. The fourth-order valence-electron chi connectivity index (χ4n) is 2.39. The molecule has 7 heteroatoms. The molecule has 0 aliphatic heterocycles. The molecule has 0 radical (unpaired) electrons. The van der Waals surface area contributed by atoms with E-state index in [0.29, 0.717) is 17.5 Å². The number of thioether (sulfide) groups is 1. The molecule has 0 spiro atoms. The van der Waals surface area contributed by atoms with Crippen LogP contribution in [-0.2, 0) is 11.3 Å². The molecule has 0 aliphatic rings. The van der Waals surface area contributed by atoms with Crippen LogP contribution in [0.5, 0.6) is 5.75 Å². The van der Waals surface area contributed by atoms with Gasteiger partial charge in [-0.1, -0.05) is 35.0 Å². The molecule has 1 N–H and O–H groups in total. The van der Waals surface area contributed by atoms with Crippen LogP contribution in [0.4, 0.5) is 0 Å². The zero-order valence-corrected chi connectivity index (χ0v) is 16.2. The van der Waals surface area contributed by atoms with Crippen molar-refractivity contribution in [3.05, 3.63) is 60.0 Å². The molecular weight excluding hydrogens is 362 g/mol. The molecule has 2 aromatic carbocycles. The maximum absolute atomic E-state index is 12.3. The largest absolute Gasteiger partial charge is 0.497 e. The number of hydrogen-bond acceptors (Lipinski definition) is 6. The molecule has 27 heavy (non-hydrogen) atoms. The summed E-state index contributed by atoms with van der Waals surface area (Å²) in [6.07, 6.45) is 0. The molecule has 1 heterocycles. The molecule has 0 fully saturated rings. The average molecular weight is 383 g/mol. The van der Waals surface area contributed by atoms with E-state index in [1.165, 1.54) is 17.3 Å². The molecule has 0 unspecified atom stereocenters. The smallest absolute Gasteiger partial charge is 0.246 e. The summed E-state index contributed by atoms with van der Waals surface area (Å²) >= 11 is 1.51. The van der Waals surface area contributed by atoms with E-state index in [1.807, 2.05) is 62.4 Å². The third-order valence-electron chi connectivity index (χ3n) is 3.91. The van der Waals surface area contributed by atoms with Gasteiger partial charge in [0, 0.05) is 10.5 Å². The Morgan fingerprint density at radius 1 is 1.26 bits per heavy atom. The van der Waals surface area contributed by atoms with E-state index in [9.17, 15) is 4.79 Å². The van der Waals surface area contributed by atoms with Crippen LogP contribution >= 0.6 is 11.8 Å². The number of nitrogens with one attached hydrogen (secondary N) is 1. The number of benzene rings is 2. The lowest BCUT2D eigenvalue weighted by Gasteiger charge is -2.10. The number of hydrogen-bond donors (Lipinski definition) is 1. The van der Waals surface area contributed by atoms with E-state index < -0.39 is 0 Å². The van der Waals surface area contributed by atoms with E-state index in [0.717, 1.165) is 10.5 Å². The van der Waals surface area contributed by atoms with Crippen LogP contribution < -0.4 is 10.1 Å². The number of rotatable bonds is 7. The lowest BCUT2D eigenvalue weighted by atomic mass is 10.2. The van der Waals surface area contributed by atoms with Crippen molar-refractivity contribution in [2.75, 3.05) is 7.11 Å². The predicted octanol–water partition coefficient (Wildman–Crippen LogP) is 3.85. The standard InChI is InChI=1S/C20H21N3O3S/c1-13-7-9-17(10-8-13)27-14(2)20(24)21-12-18-22-19(23-26-18)15-5-4-6-16(11-15)25-3/h4-11,14H,12H2,1-3H3,(H,21,24)/t14-/m1/s1. The Morgan fingerprint density at radius 2 is 2.04 bits per heavy atom. The van der Waals surface area contributed by atoms with Crippen molar-refractivity contribution in [2.45, 2.75) is 30.5 Å². The van der Waals surface area contributed by atoms with Gasteiger partial charge in [-0.3, -0.25) is 4.79 Å². The molecule has 6 nitrogen and oxygen atoms in total. The number of aromatic nitrogens is 2. The fraction of sp³-hybridized carbons (Fsp3) is 0.250. The van der Waals surface area contributed by atoms with E-state index >= 15 is 0 Å². The second-order valence-corrected chi connectivity index (χ2v) is 7.45. The number of amides is 1. The molecule has 0 bridgehead atoms. The number of aryl methyl sites for hydroxylation is 1. The summed E-state index contributed by atoms with van der Waals surface area (Å²) in [5.74, 6) is 1.45. The first-order chi connectivity index (χ1) is 13.0. The van der Waals surface area contributed by atoms with E-state index in [2.05, 4.69) is 15.5 Å². The average Bonchev–Trinajstić information content (AvgIpc) is 3.17. The zero-order chi connectivity index (χ0) is 19.2. The normalized spacial score (nSPS) is 11.8. The number of carbonyl (C=O) groups excluding carboxylic acids is 1. The van der Waals surface area contributed by atoms with Gasteiger partial charge in [0.05, 0.1) is 18.9 Å². The monoisotopic (exact) mass is 383 g/mol. The van der Waals surface area contributed by atoms with Crippen molar-refractivity contribution in [3.8, 4) is 17.1 Å². The Labute approximate surface area is 162 Å². The summed E-state index contributed by atoms with van der Waals surface area (Å²) in [7, 11) is 1.60. The predicted molar refractivity (Wildman–Crippen MR) is 105 cm³/mol. The van der Waals surface area contributed by atoms with Crippen molar-refractivity contribution in [3.63, 3.8) is 0 Å². The Hall–Kier alpha value is -2.80. The van der Waals surface area contributed by atoms with Crippen LogP contribution in [-0.4, -0.2) is 28.4 Å². The minimum atomic E-state index is -0.228. The fourth-order valence-corrected chi connectivity index (χ4v) is 3.28. The molecule has 3 aromatic rings. The lowest BCUT2D eigenvalue weighted by molar-refractivity contribution is -0.120. The highest BCUT2D eigenvalue weighted by Gasteiger charge is 2.16. The van der Waals surface area contributed by atoms with Gasteiger partial charge in [-0.25, -0.2) is 0 Å². The quantitative estimate of drug-likeness (QED) is 0.625. The van der Waals surface area contributed by atoms with Crippen LogP contribution in [0.25, 0.3) is 11.4 Å². The first kappa shape index (κ1) is 19.0. The molecule has 0 aliphatic carbocycles. The minimum Gasteiger partial charge on any atom is -0.497 e. The number of nitrogens with zero attached hydrogens (tertiary/aromatic N) is 2. The van der Waals surface area contributed by atoms with Gasteiger partial charge in [0.1, 0.15) is 5.75 Å². The number of carbonyl (C=O) groups is 1. The molecule has 0 saturated carbocycles. The van der Waals surface area contributed by atoms with Gasteiger partial charge in [-0.15, -0.1) is 11.8 Å². The summed E-state index contributed by atoms with van der Waals surface area (Å²) in [6.45, 7) is 4.10. The van der Waals surface area contributed by atoms with E-state index in [4.69, 9.17) is 9.26 Å². The topological polar surface area (TPSA) is 77.3 Å². The van der Waals surface area contributed by atoms with Crippen LogP contribution in [0.3, 0.4) is 0 Å². The third-order valence-corrected chi connectivity index (χ3v) is 5.02. The molecule has 1 amide bonds. The van der Waals surface area contributed by atoms with Crippen molar-refractivity contribution in [2.24, 2.45) is 0 Å². The van der Waals surface area contributed by atoms with Gasteiger partial charge in [0.25, 0.3) is 0 Å². The summed E-state index contributed by atoms with van der Waals surface area (Å²) in [5, 5.41) is 6.57. The summed E-state index contributed by atoms with van der Waals surface area (Å²) in [6, 6.07) is 15.5. The van der Waals surface area contributed by atoms with Gasteiger partial charge >= 0.3 is 0 Å². The molecule has 1 atom stereocenters.